The summed E-state index contributed by atoms with van der Waals surface area (Å²) >= 11 is 0. The predicted molar refractivity (Wildman–Crippen MR) is 75.9 cm³/mol. The van der Waals surface area contributed by atoms with Crippen molar-refractivity contribution in [2.24, 2.45) is 0 Å². The Kier molecular flexibility index (Phi) is 5.57. The number of benzene rings is 1. The largest absolute Gasteiger partial charge is 0.416 e. The summed E-state index contributed by atoms with van der Waals surface area (Å²) in [6.07, 6.45) is -3.85. The first-order valence-corrected chi connectivity index (χ1v) is 6.86. The molecule has 7 heteroatoms. The van der Waals surface area contributed by atoms with Crippen LogP contribution in [0.2, 0.25) is 0 Å². The smallest absolute Gasteiger partial charge is 0.354 e. The van der Waals surface area contributed by atoms with Crippen molar-refractivity contribution in [3.63, 3.8) is 0 Å². The van der Waals surface area contributed by atoms with Crippen molar-refractivity contribution >= 4 is 11.8 Å². The van der Waals surface area contributed by atoms with Gasteiger partial charge in [-0.25, -0.2) is 0 Å². The number of amides is 2. The zero-order valence-corrected chi connectivity index (χ0v) is 12.7. The molecule has 4 nitrogen and oxygen atoms in total. The van der Waals surface area contributed by atoms with Crippen molar-refractivity contribution in [1.82, 2.24) is 10.6 Å². The molecule has 0 aliphatic rings. The second-order valence-corrected chi connectivity index (χ2v) is 5.14. The van der Waals surface area contributed by atoms with Crippen molar-refractivity contribution in [3.05, 3.63) is 35.4 Å². The lowest BCUT2D eigenvalue weighted by molar-refractivity contribution is -0.138. The zero-order chi connectivity index (χ0) is 17.0. The number of hydrogen-bond acceptors (Lipinski definition) is 2. The minimum Gasteiger partial charge on any atom is -0.354 e. The molecule has 0 saturated heterocycles. The number of carbonyl (C=O) groups is 2. The summed E-state index contributed by atoms with van der Waals surface area (Å²) in [6, 6.07) is 4.39. The highest BCUT2D eigenvalue weighted by Crippen LogP contribution is 2.32. The molecule has 2 N–H and O–H groups in total. The SMILES string of the molecule is CCCNC(=O)C(C)(NC(C)=O)c1cccc(C(F)(F)F)c1. The first kappa shape index (κ1) is 18.0. The Balaban J connectivity index is 3.27. The van der Waals surface area contributed by atoms with Crippen molar-refractivity contribution in [1.29, 1.82) is 0 Å². The van der Waals surface area contributed by atoms with Crippen molar-refractivity contribution < 1.29 is 22.8 Å². The van der Waals surface area contributed by atoms with Crippen LogP contribution in [0.15, 0.2) is 24.3 Å². The van der Waals surface area contributed by atoms with E-state index in [0.717, 1.165) is 12.1 Å². The van der Waals surface area contributed by atoms with Gasteiger partial charge in [-0.2, -0.15) is 13.2 Å². The molecule has 22 heavy (non-hydrogen) atoms. The van der Waals surface area contributed by atoms with Crippen LogP contribution in [0.1, 0.15) is 38.3 Å². The van der Waals surface area contributed by atoms with Gasteiger partial charge in [-0.15, -0.1) is 0 Å². The molecule has 1 unspecified atom stereocenters. The lowest BCUT2D eigenvalue weighted by Crippen LogP contribution is -2.54. The highest BCUT2D eigenvalue weighted by Gasteiger charge is 2.38. The molecule has 1 aromatic rings. The van der Waals surface area contributed by atoms with Gasteiger partial charge in [-0.1, -0.05) is 19.1 Å². The standard InChI is InChI=1S/C15H19F3N2O2/c1-4-8-19-13(22)14(3,20-10(2)21)11-6-5-7-12(9-11)15(16,17)18/h5-7,9H,4,8H2,1-3H3,(H,19,22)(H,20,21). The fourth-order valence-corrected chi connectivity index (χ4v) is 2.03. The quantitative estimate of drug-likeness (QED) is 0.877. The van der Waals surface area contributed by atoms with Crippen LogP contribution >= 0.6 is 0 Å². The van der Waals surface area contributed by atoms with Gasteiger partial charge in [0, 0.05) is 13.5 Å². The van der Waals surface area contributed by atoms with Gasteiger partial charge in [0.05, 0.1) is 5.56 Å². The minimum atomic E-state index is -4.52. The number of alkyl halides is 3. The van der Waals surface area contributed by atoms with Gasteiger partial charge in [0.2, 0.25) is 11.8 Å². The topological polar surface area (TPSA) is 58.2 Å². The lowest BCUT2D eigenvalue weighted by atomic mass is 9.89. The van der Waals surface area contributed by atoms with E-state index in [4.69, 9.17) is 0 Å². The van der Waals surface area contributed by atoms with Crippen LogP contribution in [-0.4, -0.2) is 18.4 Å². The predicted octanol–water partition coefficient (Wildman–Crippen LogP) is 2.58. The lowest BCUT2D eigenvalue weighted by Gasteiger charge is -2.30. The average molecular weight is 316 g/mol. The van der Waals surface area contributed by atoms with Gasteiger partial charge in [0.1, 0.15) is 5.54 Å². The molecule has 0 aliphatic carbocycles. The molecule has 0 aliphatic heterocycles. The second-order valence-electron chi connectivity index (χ2n) is 5.14. The molecule has 1 atom stereocenters. The maximum atomic E-state index is 12.8. The Morgan fingerprint density at radius 3 is 2.27 bits per heavy atom. The molecule has 0 heterocycles. The third-order valence-corrected chi connectivity index (χ3v) is 3.18. The van der Waals surface area contributed by atoms with Gasteiger partial charge in [-0.3, -0.25) is 9.59 Å². The van der Waals surface area contributed by atoms with Crippen molar-refractivity contribution in [2.75, 3.05) is 6.54 Å². The number of rotatable bonds is 5. The molecule has 0 bridgehead atoms. The van der Waals surface area contributed by atoms with E-state index < -0.39 is 29.1 Å². The van der Waals surface area contributed by atoms with E-state index in [1.165, 1.54) is 26.0 Å². The molecule has 0 spiro atoms. The molecule has 1 rings (SSSR count). The molecule has 0 radical (unpaired) electrons. The Morgan fingerprint density at radius 2 is 1.77 bits per heavy atom. The highest BCUT2D eigenvalue weighted by molar-refractivity contribution is 5.91. The van der Waals surface area contributed by atoms with E-state index in [1.807, 2.05) is 6.92 Å². The molecule has 0 aromatic heterocycles. The molecule has 2 amide bonds. The minimum absolute atomic E-state index is 0.0751. The number of nitrogens with one attached hydrogen (secondary N) is 2. The van der Waals surface area contributed by atoms with Gasteiger partial charge >= 0.3 is 6.18 Å². The number of carbonyl (C=O) groups excluding carboxylic acids is 2. The summed E-state index contributed by atoms with van der Waals surface area (Å²) in [6.45, 7) is 4.81. The van der Waals surface area contributed by atoms with Crippen LogP contribution in [0.3, 0.4) is 0 Å². The third-order valence-electron chi connectivity index (χ3n) is 3.18. The van der Waals surface area contributed by atoms with E-state index in [-0.39, 0.29) is 5.56 Å². The summed E-state index contributed by atoms with van der Waals surface area (Å²) in [5, 5.41) is 5.04. The Labute approximate surface area is 127 Å². The summed E-state index contributed by atoms with van der Waals surface area (Å²) in [7, 11) is 0. The molecule has 122 valence electrons. The van der Waals surface area contributed by atoms with Crippen LogP contribution in [0.5, 0.6) is 0 Å². The maximum Gasteiger partial charge on any atom is 0.416 e. The van der Waals surface area contributed by atoms with Crippen LogP contribution in [0, 0.1) is 0 Å². The van der Waals surface area contributed by atoms with Gasteiger partial charge in [0.15, 0.2) is 0 Å². The third kappa shape index (κ3) is 4.22. The second kappa shape index (κ2) is 6.81. The normalized spacial score (nSPS) is 14.1. The van der Waals surface area contributed by atoms with Crippen LogP contribution in [-0.2, 0) is 21.3 Å². The fraction of sp³-hybridized carbons (Fsp3) is 0.467. The van der Waals surface area contributed by atoms with Crippen LogP contribution in [0.4, 0.5) is 13.2 Å². The summed E-state index contributed by atoms with van der Waals surface area (Å²) in [4.78, 5) is 23.7. The van der Waals surface area contributed by atoms with E-state index in [9.17, 15) is 22.8 Å². The Hall–Kier alpha value is -2.05. The summed E-state index contributed by atoms with van der Waals surface area (Å²) in [5.41, 5.74) is -2.36. The number of halogens is 3. The Morgan fingerprint density at radius 1 is 1.18 bits per heavy atom. The highest BCUT2D eigenvalue weighted by atomic mass is 19.4. The first-order valence-electron chi connectivity index (χ1n) is 6.86. The van der Waals surface area contributed by atoms with Crippen LogP contribution in [0.25, 0.3) is 0 Å². The fourth-order valence-electron chi connectivity index (χ4n) is 2.03. The molecule has 1 aromatic carbocycles. The zero-order valence-electron chi connectivity index (χ0n) is 12.7. The monoisotopic (exact) mass is 316 g/mol. The summed E-state index contributed by atoms with van der Waals surface area (Å²) in [5.74, 6) is -1.06. The van der Waals surface area contributed by atoms with Crippen molar-refractivity contribution in [2.45, 2.75) is 38.9 Å². The molecule has 0 saturated carbocycles. The molecular formula is C15H19F3N2O2. The van der Waals surface area contributed by atoms with E-state index >= 15 is 0 Å². The van der Waals surface area contributed by atoms with Gasteiger partial charge < -0.3 is 10.6 Å². The number of hydrogen-bond donors (Lipinski definition) is 2. The van der Waals surface area contributed by atoms with Gasteiger partial charge in [0.25, 0.3) is 0 Å². The molecule has 0 fully saturated rings. The van der Waals surface area contributed by atoms with E-state index in [0.29, 0.717) is 13.0 Å². The maximum absolute atomic E-state index is 12.8. The van der Waals surface area contributed by atoms with Crippen LogP contribution < -0.4 is 10.6 Å². The average Bonchev–Trinajstić information content (AvgIpc) is 2.43. The van der Waals surface area contributed by atoms with Gasteiger partial charge in [-0.05, 0) is 31.0 Å². The first-order chi connectivity index (χ1) is 10.1. The van der Waals surface area contributed by atoms with Crippen molar-refractivity contribution in [3.8, 4) is 0 Å². The Bertz CT molecular complexity index is 558. The van der Waals surface area contributed by atoms with E-state index in [1.54, 1.807) is 0 Å². The molecular weight excluding hydrogens is 297 g/mol. The summed E-state index contributed by atoms with van der Waals surface area (Å²) < 4.78 is 38.5. The van der Waals surface area contributed by atoms with E-state index in [2.05, 4.69) is 10.6 Å².